The number of rotatable bonds is 0. The van der Waals surface area contributed by atoms with Crippen LogP contribution < -0.4 is 0 Å². The molecule has 1 fully saturated rings. The predicted octanol–water partition coefficient (Wildman–Crippen LogP) is 1.57. The highest BCUT2D eigenvalue weighted by Crippen LogP contribution is 2.52. The molecule has 48 valence electrons. The second-order valence-electron chi connectivity index (χ2n) is 2.57. The average Bonchev–Trinajstić information content (AvgIpc) is 2.33. The second kappa shape index (κ2) is 1.12. The number of alkyl halides is 1. The van der Waals surface area contributed by atoms with Gasteiger partial charge in [0.15, 0.2) is 5.60 Å². The topological polar surface area (TPSA) is 12.5 Å². The highest BCUT2D eigenvalue weighted by Gasteiger charge is 2.66. The Bertz CT molecular complexity index is 187. The van der Waals surface area contributed by atoms with Crippen LogP contribution in [0.15, 0.2) is 24.3 Å². The lowest BCUT2D eigenvalue weighted by atomic mass is 10.0. The molecular weight excluding hydrogens is 119 g/mol. The van der Waals surface area contributed by atoms with Gasteiger partial charge in [0, 0.05) is 0 Å². The monoisotopic (exact) mass is 126 g/mol. The molecule has 1 heterocycles. The highest BCUT2D eigenvalue weighted by molar-refractivity contribution is 5.33. The highest BCUT2D eigenvalue weighted by atomic mass is 19.2. The molecule has 2 rings (SSSR count). The van der Waals surface area contributed by atoms with Crippen molar-refractivity contribution in [2.75, 3.05) is 0 Å². The van der Waals surface area contributed by atoms with E-state index in [0.717, 1.165) is 0 Å². The zero-order chi connectivity index (χ0) is 6.54. The molecule has 0 aromatic rings. The third-order valence-electron chi connectivity index (χ3n) is 1.83. The molecule has 1 aliphatic heterocycles. The number of allylic oxidation sites excluding steroid dienone is 2. The standard InChI is InChI=1S/C7H7FO/c1-6-4-2-3-5-7(6,8)9-6/h2-5H,1H3. The van der Waals surface area contributed by atoms with Gasteiger partial charge in [-0.05, 0) is 19.1 Å². The molecule has 2 unspecified atom stereocenters. The largest absolute Gasteiger partial charge is 0.323 e. The van der Waals surface area contributed by atoms with E-state index in [9.17, 15) is 4.39 Å². The molecule has 0 saturated carbocycles. The quantitative estimate of drug-likeness (QED) is 0.449. The Morgan fingerprint density at radius 3 is 2.44 bits per heavy atom. The number of epoxide rings is 1. The second-order valence-corrected chi connectivity index (χ2v) is 2.57. The van der Waals surface area contributed by atoms with Crippen molar-refractivity contribution in [3.05, 3.63) is 24.3 Å². The normalized spacial score (nSPS) is 53.1. The molecule has 2 aliphatic rings. The van der Waals surface area contributed by atoms with Crippen LogP contribution in [0.1, 0.15) is 6.92 Å². The van der Waals surface area contributed by atoms with Gasteiger partial charge in [-0.15, -0.1) is 0 Å². The van der Waals surface area contributed by atoms with Gasteiger partial charge in [0.2, 0.25) is 0 Å². The Hall–Kier alpha value is -0.630. The van der Waals surface area contributed by atoms with E-state index in [1.165, 1.54) is 6.08 Å². The SMILES string of the molecule is CC12C=CC=CC1(F)O2. The Balaban J connectivity index is 2.40. The van der Waals surface area contributed by atoms with Crippen molar-refractivity contribution in [2.24, 2.45) is 0 Å². The van der Waals surface area contributed by atoms with Gasteiger partial charge in [-0.1, -0.05) is 12.2 Å². The summed E-state index contributed by atoms with van der Waals surface area (Å²) in [7, 11) is 0. The average molecular weight is 126 g/mol. The number of hydrogen-bond donors (Lipinski definition) is 0. The number of hydrogen-bond acceptors (Lipinski definition) is 1. The van der Waals surface area contributed by atoms with Crippen LogP contribution in [0.2, 0.25) is 0 Å². The van der Waals surface area contributed by atoms with Crippen molar-refractivity contribution in [3.63, 3.8) is 0 Å². The lowest BCUT2D eigenvalue weighted by molar-refractivity contribution is 0.191. The van der Waals surface area contributed by atoms with E-state index in [1.54, 1.807) is 25.2 Å². The van der Waals surface area contributed by atoms with Gasteiger partial charge in [-0.2, -0.15) is 0 Å². The molecule has 0 aromatic heterocycles. The maximum Gasteiger partial charge on any atom is 0.262 e. The van der Waals surface area contributed by atoms with Crippen molar-refractivity contribution < 1.29 is 9.13 Å². The van der Waals surface area contributed by atoms with E-state index >= 15 is 0 Å². The Morgan fingerprint density at radius 2 is 2.00 bits per heavy atom. The van der Waals surface area contributed by atoms with Crippen LogP contribution in [-0.4, -0.2) is 11.5 Å². The first-order valence-corrected chi connectivity index (χ1v) is 2.92. The smallest absolute Gasteiger partial charge is 0.262 e. The molecule has 0 amide bonds. The van der Waals surface area contributed by atoms with Gasteiger partial charge >= 0.3 is 0 Å². The molecule has 2 atom stereocenters. The minimum absolute atomic E-state index is 0.651. The van der Waals surface area contributed by atoms with Crippen molar-refractivity contribution in [2.45, 2.75) is 18.4 Å². The first-order valence-electron chi connectivity index (χ1n) is 2.92. The van der Waals surface area contributed by atoms with E-state index in [0.29, 0.717) is 0 Å². The Labute approximate surface area is 52.8 Å². The fraction of sp³-hybridized carbons (Fsp3) is 0.429. The van der Waals surface area contributed by atoms with Gasteiger partial charge in [0.05, 0.1) is 0 Å². The van der Waals surface area contributed by atoms with Gasteiger partial charge in [0.1, 0.15) is 0 Å². The van der Waals surface area contributed by atoms with Gasteiger partial charge in [0.25, 0.3) is 5.85 Å². The number of halogens is 1. The lowest BCUT2D eigenvalue weighted by Crippen LogP contribution is -2.14. The van der Waals surface area contributed by atoms with Crippen LogP contribution in [0.25, 0.3) is 0 Å². The summed E-state index contributed by atoms with van der Waals surface area (Å²) in [5.74, 6) is -1.48. The van der Waals surface area contributed by atoms with Crippen LogP contribution in [0.4, 0.5) is 4.39 Å². The third kappa shape index (κ3) is 0.465. The van der Waals surface area contributed by atoms with Crippen molar-refractivity contribution in [1.29, 1.82) is 0 Å². The van der Waals surface area contributed by atoms with Crippen molar-refractivity contribution >= 4 is 0 Å². The maximum absolute atomic E-state index is 13.0. The first kappa shape index (κ1) is 5.18. The Morgan fingerprint density at radius 1 is 1.33 bits per heavy atom. The van der Waals surface area contributed by atoms with E-state index in [2.05, 4.69) is 0 Å². The summed E-state index contributed by atoms with van der Waals surface area (Å²) in [5, 5.41) is 0. The fourth-order valence-electron chi connectivity index (χ4n) is 1.05. The van der Waals surface area contributed by atoms with E-state index in [-0.39, 0.29) is 0 Å². The molecule has 9 heavy (non-hydrogen) atoms. The predicted molar refractivity (Wildman–Crippen MR) is 31.6 cm³/mol. The van der Waals surface area contributed by atoms with E-state index in [1.807, 2.05) is 0 Å². The van der Waals surface area contributed by atoms with Crippen molar-refractivity contribution in [1.82, 2.24) is 0 Å². The summed E-state index contributed by atoms with van der Waals surface area (Å²) in [4.78, 5) is 0. The van der Waals surface area contributed by atoms with E-state index in [4.69, 9.17) is 4.74 Å². The molecular formula is C7H7FO. The van der Waals surface area contributed by atoms with Gasteiger partial charge in [-0.25, -0.2) is 4.39 Å². The summed E-state index contributed by atoms with van der Waals surface area (Å²) >= 11 is 0. The summed E-state index contributed by atoms with van der Waals surface area (Å²) in [6.45, 7) is 1.73. The van der Waals surface area contributed by atoms with Crippen LogP contribution in [-0.2, 0) is 4.74 Å². The molecule has 1 saturated heterocycles. The summed E-state index contributed by atoms with van der Waals surface area (Å²) in [6.07, 6.45) is 6.62. The van der Waals surface area contributed by atoms with Crippen LogP contribution in [0.3, 0.4) is 0 Å². The van der Waals surface area contributed by atoms with Crippen LogP contribution in [0, 0.1) is 0 Å². The zero-order valence-corrected chi connectivity index (χ0v) is 5.10. The number of fused-ring (bicyclic) bond motifs is 1. The molecule has 1 nitrogen and oxygen atoms in total. The third-order valence-corrected chi connectivity index (χ3v) is 1.83. The van der Waals surface area contributed by atoms with E-state index < -0.39 is 11.5 Å². The zero-order valence-electron chi connectivity index (χ0n) is 5.10. The lowest BCUT2D eigenvalue weighted by Gasteiger charge is -2.01. The van der Waals surface area contributed by atoms with Crippen LogP contribution in [0.5, 0.6) is 0 Å². The summed E-state index contributed by atoms with van der Waals surface area (Å²) in [6, 6.07) is 0. The minimum atomic E-state index is -1.48. The molecule has 2 heteroatoms. The Kier molecular flexibility index (Phi) is 0.642. The molecule has 1 aliphatic carbocycles. The summed E-state index contributed by atoms with van der Waals surface area (Å²) in [5.41, 5.74) is -0.651. The fourth-order valence-corrected chi connectivity index (χ4v) is 1.05. The van der Waals surface area contributed by atoms with Crippen LogP contribution >= 0.6 is 0 Å². The minimum Gasteiger partial charge on any atom is -0.323 e. The van der Waals surface area contributed by atoms with Gasteiger partial charge < -0.3 is 4.74 Å². The maximum atomic E-state index is 13.0. The molecule has 0 N–H and O–H groups in total. The molecule has 0 radical (unpaired) electrons. The molecule has 0 aromatic carbocycles. The van der Waals surface area contributed by atoms with Gasteiger partial charge in [-0.3, -0.25) is 0 Å². The summed E-state index contributed by atoms with van der Waals surface area (Å²) < 4.78 is 17.8. The number of ether oxygens (including phenoxy) is 1. The van der Waals surface area contributed by atoms with Crippen molar-refractivity contribution in [3.8, 4) is 0 Å². The molecule has 0 spiro atoms. The molecule has 0 bridgehead atoms. The first-order chi connectivity index (χ1) is 4.16.